The summed E-state index contributed by atoms with van der Waals surface area (Å²) in [6, 6.07) is 10.7. The Morgan fingerprint density at radius 2 is 1.50 bits per heavy atom. The van der Waals surface area contributed by atoms with Gasteiger partial charge >= 0.3 is 5.63 Å². The van der Waals surface area contributed by atoms with Gasteiger partial charge in [-0.25, -0.2) is 14.9 Å². The van der Waals surface area contributed by atoms with Gasteiger partial charge in [0.25, 0.3) is 5.70 Å². The molecule has 0 spiro atoms. The quantitative estimate of drug-likeness (QED) is 0.158. The summed E-state index contributed by atoms with van der Waals surface area (Å²) in [6.45, 7) is 21.0. The fourth-order valence-corrected chi connectivity index (χ4v) is 8.56. The van der Waals surface area contributed by atoms with E-state index in [1.54, 1.807) is 24.3 Å². The molecule has 0 saturated heterocycles. The molecule has 0 atom stereocenters. The number of fused-ring (bicyclic) bond motifs is 2. The molecule has 0 N–H and O–H groups in total. The van der Waals surface area contributed by atoms with Crippen molar-refractivity contribution in [2.45, 2.75) is 77.0 Å². The van der Waals surface area contributed by atoms with Crippen LogP contribution in [0.1, 0.15) is 86.8 Å². The highest BCUT2D eigenvalue weighted by molar-refractivity contribution is 5.91. The summed E-state index contributed by atoms with van der Waals surface area (Å²) in [5.41, 5.74) is 10.0. The summed E-state index contributed by atoms with van der Waals surface area (Å²) < 4.78 is 12.4. The van der Waals surface area contributed by atoms with Gasteiger partial charge in [-0.1, -0.05) is 33.8 Å². The van der Waals surface area contributed by atoms with Crippen LogP contribution in [0.25, 0.3) is 28.0 Å². The summed E-state index contributed by atoms with van der Waals surface area (Å²) in [5, 5.41) is 10.6. The van der Waals surface area contributed by atoms with E-state index >= 15 is 0 Å². The Labute approximate surface area is 294 Å². The van der Waals surface area contributed by atoms with Crippen molar-refractivity contribution in [2.75, 3.05) is 36.0 Å². The monoisotopic (exact) mass is 662 g/mol. The van der Waals surface area contributed by atoms with Crippen molar-refractivity contribution >= 4 is 34.5 Å². The zero-order chi connectivity index (χ0) is 34.8. The van der Waals surface area contributed by atoms with Gasteiger partial charge in [0.2, 0.25) is 0 Å². The van der Waals surface area contributed by atoms with Gasteiger partial charge in [0.05, 0.1) is 18.2 Å². The second-order valence-electron chi connectivity index (χ2n) is 15.6. The molecular formula is C43H42N4O3. The number of hydrogen-bond acceptors (Lipinski definition) is 6. The molecule has 0 bridgehead atoms. The van der Waals surface area contributed by atoms with Crippen LogP contribution in [0.2, 0.25) is 0 Å². The first-order chi connectivity index (χ1) is 24.0. The van der Waals surface area contributed by atoms with Crippen LogP contribution >= 0.6 is 0 Å². The number of allylic oxidation sites excluding steroid dienone is 6. The summed E-state index contributed by atoms with van der Waals surface area (Å²) in [7, 11) is 0. The van der Waals surface area contributed by atoms with E-state index in [2.05, 4.69) is 60.5 Å². The molecule has 3 aromatic rings. The zero-order valence-electron chi connectivity index (χ0n) is 29.4. The second-order valence-corrected chi connectivity index (χ2v) is 15.6. The minimum atomic E-state index is -0.412. The Morgan fingerprint density at radius 3 is 2.16 bits per heavy atom. The lowest BCUT2D eigenvalue weighted by Crippen LogP contribution is -2.44. The van der Waals surface area contributed by atoms with E-state index in [0.29, 0.717) is 28.2 Å². The van der Waals surface area contributed by atoms with Crippen LogP contribution in [-0.4, -0.2) is 26.2 Å². The maximum atomic E-state index is 13.5. The highest BCUT2D eigenvalue weighted by Gasteiger charge is 2.42. The molecule has 8 rings (SSSR count). The lowest BCUT2D eigenvalue weighted by molar-refractivity contribution is 0.332. The van der Waals surface area contributed by atoms with Gasteiger partial charge in [-0.15, -0.1) is 0 Å². The maximum Gasteiger partial charge on any atom is 0.343 e. The fraction of sp³-hybridized carbons (Fsp3) is 0.372. The van der Waals surface area contributed by atoms with Gasteiger partial charge in [-0.2, -0.15) is 0 Å². The molecule has 5 aliphatic heterocycles. The Hall–Kier alpha value is -5.27. The van der Waals surface area contributed by atoms with Gasteiger partial charge in [0, 0.05) is 48.5 Å². The van der Waals surface area contributed by atoms with Crippen molar-refractivity contribution in [1.29, 1.82) is 5.26 Å². The molecule has 50 heavy (non-hydrogen) atoms. The second kappa shape index (κ2) is 12.0. The molecule has 0 fully saturated rings. The van der Waals surface area contributed by atoms with Crippen molar-refractivity contribution in [3.05, 3.63) is 127 Å². The Morgan fingerprint density at radius 1 is 0.860 bits per heavy atom. The number of aryl methyl sites for hydroxylation is 2. The highest BCUT2D eigenvalue weighted by Crippen LogP contribution is 2.51. The first-order valence-corrected chi connectivity index (χ1v) is 17.9. The van der Waals surface area contributed by atoms with Gasteiger partial charge in [-0.3, -0.25) is 0 Å². The summed E-state index contributed by atoms with van der Waals surface area (Å²) in [6.07, 6.45) is 17.3. The van der Waals surface area contributed by atoms with Gasteiger partial charge in [0.1, 0.15) is 17.1 Å². The van der Waals surface area contributed by atoms with E-state index in [1.807, 2.05) is 24.3 Å². The lowest BCUT2D eigenvalue weighted by Gasteiger charge is -2.48. The van der Waals surface area contributed by atoms with Crippen LogP contribution in [-0.2, 0) is 28.4 Å². The molecule has 6 heterocycles. The van der Waals surface area contributed by atoms with E-state index in [1.165, 1.54) is 40.9 Å². The van der Waals surface area contributed by atoms with Crippen LogP contribution in [0.15, 0.2) is 80.6 Å². The molecule has 7 nitrogen and oxygen atoms in total. The molecule has 252 valence electrons. The van der Waals surface area contributed by atoms with Crippen LogP contribution in [0.3, 0.4) is 0 Å². The molecule has 0 aliphatic carbocycles. The topological polar surface area (TPSA) is 74.1 Å². The van der Waals surface area contributed by atoms with Crippen molar-refractivity contribution in [3.63, 3.8) is 0 Å². The minimum absolute atomic E-state index is 0.00588. The van der Waals surface area contributed by atoms with Crippen LogP contribution in [0.4, 0.5) is 11.4 Å². The van der Waals surface area contributed by atoms with Crippen LogP contribution < -0.4 is 15.4 Å². The SMILES string of the molecule is [C-]#[N+]/C(C#N)=C1C=C(/C=C/c2cc3c4c(c2)CCCN4CCC3)OC(/C=C/c2cc3cc4c5c(c3oc2=O)C(C)(C)CCN5CCC4(C)C)=C\1. The van der Waals surface area contributed by atoms with Crippen LogP contribution in [0, 0.1) is 17.9 Å². The molecule has 0 amide bonds. The van der Waals surface area contributed by atoms with E-state index in [-0.39, 0.29) is 16.5 Å². The molecule has 0 saturated carbocycles. The number of anilines is 2. The van der Waals surface area contributed by atoms with Crippen LogP contribution in [0.5, 0.6) is 0 Å². The largest absolute Gasteiger partial charge is 0.457 e. The highest BCUT2D eigenvalue weighted by atomic mass is 16.5. The molecule has 0 unspecified atom stereocenters. The number of rotatable bonds is 4. The summed E-state index contributed by atoms with van der Waals surface area (Å²) >= 11 is 0. The lowest BCUT2D eigenvalue weighted by atomic mass is 9.69. The van der Waals surface area contributed by atoms with Crippen molar-refractivity contribution in [3.8, 4) is 6.07 Å². The average Bonchev–Trinajstić information content (AvgIpc) is 3.09. The van der Waals surface area contributed by atoms with E-state index in [9.17, 15) is 10.1 Å². The smallest absolute Gasteiger partial charge is 0.343 e. The number of nitriles is 1. The zero-order valence-corrected chi connectivity index (χ0v) is 29.4. The first kappa shape index (κ1) is 32.0. The van der Waals surface area contributed by atoms with E-state index in [4.69, 9.17) is 15.7 Å². The third kappa shape index (κ3) is 5.46. The Bertz CT molecular complexity index is 2210. The molecule has 5 aliphatic rings. The molecule has 2 aromatic carbocycles. The van der Waals surface area contributed by atoms with Crippen molar-refractivity contribution in [1.82, 2.24) is 0 Å². The summed E-state index contributed by atoms with van der Waals surface area (Å²) in [5.74, 6) is 0.935. The normalized spacial score (nSPS) is 21.2. The first-order valence-electron chi connectivity index (χ1n) is 17.9. The third-order valence-corrected chi connectivity index (χ3v) is 11.3. The maximum absolute atomic E-state index is 13.5. The Balaban J connectivity index is 1.14. The van der Waals surface area contributed by atoms with E-state index in [0.717, 1.165) is 68.4 Å². The number of hydrogen-bond donors (Lipinski definition) is 0. The number of benzene rings is 2. The predicted octanol–water partition coefficient (Wildman–Crippen LogP) is 8.88. The van der Waals surface area contributed by atoms with E-state index < -0.39 is 5.63 Å². The van der Waals surface area contributed by atoms with Crippen molar-refractivity contribution in [2.24, 2.45) is 0 Å². The van der Waals surface area contributed by atoms with Gasteiger partial charge in [-0.05, 0) is 132 Å². The van der Waals surface area contributed by atoms with Gasteiger partial charge < -0.3 is 19.0 Å². The standard InChI is InChI=1S/C43H42N4O3/c1-42(2)14-18-47-19-15-43(3,4)37-39(47)35(42)25-32-22-30(41(48)50-40(32)37)11-13-34-24-31(36(26-44)45-5)23-33(49-34)12-10-27-20-28-8-6-16-46-17-7-9-29(21-27)38(28)46/h10-13,20-25H,6-9,14-19H2,1-4H3/b12-10+,13-11+,36-31+. The predicted molar refractivity (Wildman–Crippen MR) is 200 cm³/mol. The summed E-state index contributed by atoms with van der Waals surface area (Å²) in [4.78, 5) is 22.0. The molecule has 0 radical (unpaired) electrons. The third-order valence-electron chi connectivity index (χ3n) is 11.3. The average molecular weight is 663 g/mol. The number of ether oxygens (including phenoxy) is 1. The molecular weight excluding hydrogens is 620 g/mol. The fourth-order valence-electron chi connectivity index (χ4n) is 8.56. The molecule has 1 aromatic heterocycles. The van der Waals surface area contributed by atoms with Gasteiger partial charge in [0.15, 0.2) is 0 Å². The molecule has 7 heteroatoms. The Kier molecular flexibility index (Phi) is 7.64. The number of nitrogens with zero attached hydrogens (tertiary/aromatic N) is 4. The minimum Gasteiger partial charge on any atom is -0.457 e. The van der Waals surface area contributed by atoms with Crippen molar-refractivity contribution < 1.29 is 9.15 Å².